The lowest BCUT2D eigenvalue weighted by Crippen LogP contribution is -2.34. The number of aromatic nitrogens is 4. The molecular formula is C26H21N5O2S. The Morgan fingerprint density at radius 1 is 1.06 bits per heavy atom. The number of hydrogen-bond donors (Lipinski definition) is 1. The summed E-state index contributed by atoms with van der Waals surface area (Å²) in [7, 11) is 0. The van der Waals surface area contributed by atoms with Gasteiger partial charge in [0.25, 0.3) is 11.5 Å². The standard InChI is InChI=1S/C26H21N5O2S/c1-18-27-25-22(14-15-34-25)26(33)31(18)28-23(32)13-12-21-17-30(16-19-8-4-2-5-9-19)29-24(21)20-10-6-3-7-11-20/h2-15,17H,16H2,1H3,(H,28,32)/b13-12+. The highest BCUT2D eigenvalue weighted by molar-refractivity contribution is 7.16. The van der Waals surface area contributed by atoms with Crippen LogP contribution in [0.2, 0.25) is 0 Å². The lowest BCUT2D eigenvalue weighted by molar-refractivity contribution is -0.112. The van der Waals surface area contributed by atoms with E-state index < -0.39 is 5.91 Å². The maximum atomic E-state index is 12.7. The molecule has 8 heteroatoms. The van der Waals surface area contributed by atoms with Crippen molar-refractivity contribution in [3.63, 3.8) is 0 Å². The van der Waals surface area contributed by atoms with Crippen molar-refractivity contribution in [3.8, 4) is 11.3 Å². The van der Waals surface area contributed by atoms with Gasteiger partial charge in [0.15, 0.2) is 0 Å². The van der Waals surface area contributed by atoms with Crippen LogP contribution in [0, 0.1) is 6.92 Å². The molecular weight excluding hydrogens is 446 g/mol. The molecule has 5 aromatic rings. The quantitative estimate of drug-likeness (QED) is 0.374. The predicted octanol–water partition coefficient (Wildman–Crippen LogP) is 4.46. The van der Waals surface area contributed by atoms with Gasteiger partial charge in [-0.15, -0.1) is 11.3 Å². The van der Waals surface area contributed by atoms with Crippen molar-refractivity contribution in [2.24, 2.45) is 0 Å². The number of nitrogens with zero attached hydrogens (tertiary/aromatic N) is 4. The van der Waals surface area contributed by atoms with Crippen LogP contribution in [0.3, 0.4) is 0 Å². The summed E-state index contributed by atoms with van der Waals surface area (Å²) in [5, 5.41) is 7.05. The fourth-order valence-electron chi connectivity index (χ4n) is 3.69. The van der Waals surface area contributed by atoms with Gasteiger partial charge in [0.1, 0.15) is 10.7 Å². The summed E-state index contributed by atoms with van der Waals surface area (Å²) in [5.74, 6) is -0.0150. The number of hydrogen-bond acceptors (Lipinski definition) is 5. The van der Waals surface area contributed by atoms with Crippen molar-refractivity contribution < 1.29 is 4.79 Å². The molecule has 168 valence electrons. The molecule has 0 saturated heterocycles. The molecule has 2 aromatic carbocycles. The summed E-state index contributed by atoms with van der Waals surface area (Å²) < 4.78 is 3.04. The SMILES string of the molecule is Cc1nc2sccc2c(=O)n1NC(=O)/C=C/c1cn(Cc2ccccc2)nc1-c1ccccc1. The van der Waals surface area contributed by atoms with Crippen LogP contribution in [0.15, 0.2) is 89.2 Å². The Hall–Kier alpha value is -4.30. The van der Waals surface area contributed by atoms with Crippen LogP contribution < -0.4 is 11.0 Å². The lowest BCUT2D eigenvalue weighted by Gasteiger charge is -2.09. The number of amides is 1. The third-order valence-electron chi connectivity index (χ3n) is 5.33. The highest BCUT2D eigenvalue weighted by Gasteiger charge is 2.12. The van der Waals surface area contributed by atoms with Crippen molar-refractivity contribution in [2.75, 3.05) is 5.43 Å². The molecule has 1 N–H and O–H groups in total. The molecule has 0 aliphatic carbocycles. The molecule has 1 amide bonds. The molecule has 34 heavy (non-hydrogen) atoms. The third kappa shape index (κ3) is 4.44. The van der Waals surface area contributed by atoms with Crippen LogP contribution in [0.4, 0.5) is 0 Å². The Morgan fingerprint density at radius 2 is 1.79 bits per heavy atom. The smallest absolute Gasteiger partial charge is 0.268 e. The summed E-state index contributed by atoms with van der Waals surface area (Å²) in [4.78, 5) is 30.5. The van der Waals surface area contributed by atoms with Gasteiger partial charge in [-0.25, -0.2) is 9.66 Å². The van der Waals surface area contributed by atoms with Crippen LogP contribution in [-0.4, -0.2) is 25.3 Å². The van der Waals surface area contributed by atoms with Crippen LogP contribution in [-0.2, 0) is 11.3 Å². The molecule has 0 atom stereocenters. The highest BCUT2D eigenvalue weighted by Crippen LogP contribution is 2.23. The van der Waals surface area contributed by atoms with Crippen molar-refractivity contribution in [1.29, 1.82) is 0 Å². The number of fused-ring (bicyclic) bond motifs is 1. The average Bonchev–Trinajstić information content (AvgIpc) is 3.48. The van der Waals surface area contributed by atoms with Gasteiger partial charge in [-0.2, -0.15) is 5.10 Å². The second-order valence-corrected chi connectivity index (χ2v) is 8.63. The van der Waals surface area contributed by atoms with Gasteiger partial charge in [-0.05, 0) is 30.0 Å². The zero-order valence-corrected chi connectivity index (χ0v) is 19.2. The second kappa shape index (κ2) is 9.29. The molecule has 7 nitrogen and oxygen atoms in total. The molecule has 0 spiro atoms. The first-order chi connectivity index (χ1) is 16.6. The van der Waals surface area contributed by atoms with Gasteiger partial charge in [-0.1, -0.05) is 60.7 Å². The Kier molecular flexibility index (Phi) is 5.88. The van der Waals surface area contributed by atoms with Gasteiger partial charge in [0, 0.05) is 23.4 Å². The van der Waals surface area contributed by atoms with Crippen molar-refractivity contribution in [3.05, 3.63) is 112 Å². The summed E-state index contributed by atoms with van der Waals surface area (Å²) >= 11 is 1.39. The number of nitrogens with one attached hydrogen (secondary N) is 1. The monoisotopic (exact) mass is 467 g/mol. The molecule has 0 aliphatic heterocycles. The van der Waals surface area contributed by atoms with Crippen LogP contribution in [0.25, 0.3) is 27.6 Å². The molecule has 3 heterocycles. The van der Waals surface area contributed by atoms with E-state index in [9.17, 15) is 9.59 Å². The molecule has 3 aromatic heterocycles. The largest absolute Gasteiger partial charge is 0.281 e. The lowest BCUT2D eigenvalue weighted by atomic mass is 10.1. The number of carbonyl (C=O) groups is 1. The highest BCUT2D eigenvalue weighted by atomic mass is 32.1. The minimum atomic E-state index is -0.434. The number of thiophene rings is 1. The third-order valence-corrected chi connectivity index (χ3v) is 6.13. The van der Waals surface area contributed by atoms with Gasteiger partial charge in [0.05, 0.1) is 17.6 Å². The minimum Gasteiger partial charge on any atom is -0.268 e. The van der Waals surface area contributed by atoms with E-state index in [-0.39, 0.29) is 5.56 Å². The molecule has 5 rings (SSSR count). The molecule has 0 fully saturated rings. The van der Waals surface area contributed by atoms with Crippen LogP contribution >= 0.6 is 11.3 Å². The average molecular weight is 468 g/mol. The van der Waals surface area contributed by atoms with E-state index in [0.717, 1.165) is 22.4 Å². The van der Waals surface area contributed by atoms with E-state index in [1.807, 2.05) is 76.9 Å². The van der Waals surface area contributed by atoms with E-state index in [1.165, 1.54) is 22.1 Å². The molecule has 0 radical (unpaired) electrons. The van der Waals surface area contributed by atoms with E-state index in [1.54, 1.807) is 19.1 Å². The topological polar surface area (TPSA) is 81.8 Å². The zero-order valence-electron chi connectivity index (χ0n) is 18.4. The Morgan fingerprint density at radius 3 is 2.56 bits per heavy atom. The fraction of sp³-hybridized carbons (Fsp3) is 0.0769. The maximum absolute atomic E-state index is 12.7. The fourth-order valence-corrected chi connectivity index (χ4v) is 4.49. The summed E-state index contributed by atoms with van der Waals surface area (Å²) in [6.07, 6.45) is 5.03. The second-order valence-electron chi connectivity index (χ2n) is 7.73. The molecule has 0 unspecified atom stereocenters. The number of benzene rings is 2. The Bertz CT molecular complexity index is 1550. The van der Waals surface area contributed by atoms with E-state index in [0.29, 0.717) is 22.6 Å². The normalized spacial score (nSPS) is 11.3. The Labute approximate surface area is 199 Å². The molecule has 0 bridgehead atoms. The van der Waals surface area contributed by atoms with Gasteiger partial charge in [-0.3, -0.25) is 19.7 Å². The summed E-state index contributed by atoms with van der Waals surface area (Å²) in [6, 6.07) is 21.6. The van der Waals surface area contributed by atoms with E-state index in [2.05, 4.69) is 10.4 Å². The molecule has 0 saturated carbocycles. The predicted molar refractivity (Wildman–Crippen MR) is 135 cm³/mol. The first-order valence-electron chi connectivity index (χ1n) is 10.7. The molecule has 0 aliphatic rings. The minimum absolute atomic E-state index is 0.300. The summed E-state index contributed by atoms with van der Waals surface area (Å²) in [5.41, 5.74) is 5.98. The van der Waals surface area contributed by atoms with Crippen LogP contribution in [0.1, 0.15) is 17.0 Å². The van der Waals surface area contributed by atoms with Gasteiger partial charge in [0.2, 0.25) is 0 Å². The first kappa shape index (κ1) is 21.5. The first-order valence-corrected chi connectivity index (χ1v) is 11.6. The zero-order chi connectivity index (χ0) is 23.5. The number of aryl methyl sites for hydroxylation is 1. The number of rotatable bonds is 6. The van der Waals surface area contributed by atoms with Gasteiger partial charge >= 0.3 is 0 Å². The van der Waals surface area contributed by atoms with Crippen molar-refractivity contribution in [1.82, 2.24) is 19.4 Å². The van der Waals surface area contributed by atoms with E-state index >= 15 is 0 Å². The number of carbonyl (C=O) groups excluding carboxylic acids is 1. The van der Waals surface area contributed by atoms with Gasteiger partial charge < -0.3 is 0 Å². The maximum Gasteiger partial charge on any atom is 0.281 e. The van der Waals surface area contributed by atoms with E-state index in [4.69, 9.17) is 5.10 Å². The van der Waals surface area contributed by atoms with Crippen LogP contribution in [0.5, 0.6) is 0 Å². The Balaban J connectivity index is 1.43. The van der Waals surface area contributed by atoms with Crippen molar-refractivity contribution >= 4 is 33.5 Å². The summed E-state index contributed by atoms with van der Waals surface area (Å²) in [6.45, 7) is 2.30. The van der Waals surface area contributed by atoms with Crippen molar-refractivity contribution in [2.45, 2.75) is 13.5 Å².